The van der Waals surface area contributed by atoms with Gasteiger partial charge in [-0.15, -0.1) is 0 Å². The third-order valence-corrected chi connectivity index (χ3v) is 6.39. The van der Waals surface area contributed by atoms with Crippen molar-refractivity contribution in [3.8, 4) is 5.75 Å². The van der Waals surface area contributed by atoms with E-state index in [1.165, 1.54) is 0 Å². The molecule has 1 spiro atoms. The number of hydrogen-bond donors (Lipinski definition) is 2. The normalized spacial score (nSPS) is 30.5. The lowest BCUT2D eigenvalue weighted by atomic mass is 9.77. The van der Waals surface area contributed by atoms with Crippen LogP contribution in [-0.4, -0.2) is 40.4 Å². The van der Waals surface area contributed by atoms with E-state index >= 15 is 0 Å². The maximum atomic E-state index is 13.0. The van der Waals surface area contributed by atoms with E-state index in [-0.39, 0.29) is 24.4 Å². The standard InChI is InChI=1S/C22H29N3O4/c1-14-8-10-22(11-9-14)19(27)25(20(28)24-22)13-18(26)23-16-12-21(2,3)29-17-7-5-4-6-15(16)17/h4-7,14,16H,8-13H2,1-3H3,(H,23,26)(H,24,28)/t14?,16-,22?/m0/s1. The number of benzene rings is 1. The molecule has 7 heteroatoms. The van der Waals surface area contributed by atoms with E-state index in [1.807, 2.05) is 38.1 Å². The molecule has 0 bridgehead atoms. The van der Waals surface area contributed by atoms with Gasteiger partial charge in [-0.05, 0) is 51.5 Å². The van der Waals surface area contributed by atoms with Crippen LogP contribution in [0.1, 0.15) is 64.5 Å². The number of nitrogens with zero attached hydrogens (tertiary/aromatic N) is 1. The SMILES string of the molecule is CC1CCC2(CC1)NC(=O)N(CC(=O)N[C@H]1CC(C)(C)Oc3ccccc31)C2=O. The van der Waals surface area contributed by atoms with Crippen LogP contribution in [0.25, 0.3) is 0 Å². The predicted molar refractivity (Wildman–Crippen MR) is 107 cm³/mol. The molecule has 7 nitrogen and oxygen atoms in total. The van der Waals surface area contributed by atoms with Gasteiger partial charge in [0.15, 0.2) is 0 Å². The van der Waals surface area contributed by atoms with Crippen LogP contribution in [0.3, 0.4) is 0 Å². The van der Waals surface area contributed by atoms with Crippen LogP contribution in [0, 0.1) is 5.92 Å². The van der Waals surface area contributed by atoms with Crippen molar-refractivity contribution in [1.29, 1.82) is 0 Å². The van der Waals surface area contributed by atoms with E-state index in [9.17, 15) is 14.4 Å². The van der Waals surface area contributed by atoms with Crippen molar-refractivity contribution in [2.75, 3.05) is 6.54 Å². The predicted octanol–water partition coefficient (Wildman–Crippen LogP) is 2.91. The largest absolute Gasteiger partial charge is 0.487 e. The Balaban J connectivity index is 1.45. The Bertz CT molecular complexity index is 842. The molecule has 156 valence electrons. The van der Waals surface area contributed by atoms with Crippen molar-refractivity contribution in [3.63, 3.8) is 0 Å². The second-order valence-electron chi connectivity index (χ2n) is 9.31. The number of urea groups is 1. The fraction of sp³-hybridized carbons (Fsp3) is 0.591. The van der Waals surface area contributed by atoms with E-state index in [2.05, 4.69) is 17.6 Å². The van der Waals surface area contributed by atoms with Gasteiger partial charge < -0.3 is 15.4 Å². The highest BCUT2D eigenvalue weighted by atomic mass is 16.5. The molecule has 4 rings (SSSR count). The highest BCUT2D eigenvalue weighted by molar-refractivity contribution is 6.09. The van der Waals surface area contributed by atoms with Crippen LogP contribution in [-0.2, 0) is 9.59 Å². The van der Waals surface area contributed by atoms with Crippen molar-refractivity contribution < 1.29 is 19.1 Å². The molecule has 1 aromatic rings. The number of carbonyl (C=O) groups excluding carboxylic acids is 3. The molecule has 1 aliphatic carbocycles. The number of amides is 4. The van der Waals surface area contributed by atoms with Gasteiger partial charge in [0.2, 0.25) is 5.91 Å². The summed E-state index contributed by atoms with van der Waals surface area (Å²) in [5, 5.41) is 5.87. The zero-order chi connectivity index (χ0) is 20.8. The summed E-state index contributed by atoms with van der Waals surface area (Å²) in [4.78, 5) is 39.3. The number of nitrogens with one attached hydrogen (secondary N) is 2. The highest BCUT2D eigenvalue weighted by Crippen LogP contribution is 2.39. The molecule has 29 heavy (non-hydrogen) atoms. The van der Waals surface area contributed by atoms with Gasteiger partial charge in [-0.25, -0.2) is 4.79 Å². The van der Waals surface area contributed by atoms with Gasteiger partial charge in [-0.2, -0.15) is 0 Å². The van der Waals surface area contributed by atoms with Gasteiger partial charge in [-0.3, -0.25) is 14.5 Å². The Morgan fingerprint density at radius 3 is 2.66 bits per heavy atom. The summed E-state index contributed by atoms with van der Waals surface area (Å²) in [7, 11) is 0. The second-order valence-corrected chi connectivity index (χ2v) is 9.31. The molecular formula is C22H29N3O4. The van der Waals surface area contributed by atoms with Gasteiger partial charge in [0.25, 0.3) is 5.91 Å². The van der Waals surface area contributed by atoms with Crippen LogP contribution in [0.15, 0.2) is 24.3 Å². The lowest BCUT2D eigenvalue weighted by molar-refractivity contribution is -0.136. The quantitative estimate of drug-likeness (QED) is 0.765. The van der Waals surface area contributed by atoms with Crippen LogP contribution < -0.4 is 15.4 Å². The number of hydrogen-bond acceptors (Lipinski definition) is 4. The van der Waals surface area contributed by atoms with Gasteiger partial charge in [0.05, 0.1) is 6.04 Å². The van der Waals surface area contributed by atoms with Crippen LogP contribution in [0.4, 0.5) is 4.79 Å². The lowest BCUT2D eigenvalue weighted by Crippen LogP contribution is -2.50. The molecule has 0 radical (unpaired) electrons. The number of para-hydroxylation sites is 1. The summed E-state index contributed by atoms with van der Waals surface area (Å²) >= 11 is 0. The van der Waals surface area contributed by atoms with E-state index < -0.39 is 17.2 Å². The molecule has 2 aliphatic heterocycles. The van der Waals surface area contributed by atoms with E-state index in [1.54, 1.807) is 0 Å². The summed E-state index contributed by atoms with van der Waals surface area (Å²) in [6.07, 6.45) is 3.69. The van der Waals surface area contributed by atoms with Crippen LogP contribution in [0.5, 0.6) is 5.75 Å². The Kier molecular flexibility index (Phi) is 4.79. The Morgan fingerprint density at radius 1 is 1.24 bits per heavy atom. The first-order valence-corrected chi connectivity index (χ1v) is 10.4. The number of carbonyl (C=O) groups is 3. The number of ether oxygens (including phenoxy) is 1. The lowest BCUT2D eigenvalue weighted by Gasteiger charge is -2.38. The third-order valence-electron chi connectivity index (χ3n) is 6.39. The topological polar surface area (TPSA) is 87.7 Å². The summed E-state index contributed by atoms with van der Waals surface area (Å²) in [5.74, 6) is 0.698. The summed E-state index contributed by atoms with van der Waals surface area (Å²) in [6, 6.07) is 6.93. The van der Waals surface area contributed by atoms with E-state index in [0.717, 1.165) is 29.1 Å². The minimum Gasteiger partial charge on any atom is -0.487 e. The van der Waals surface area contributed by atoms with E-state index in [0.29, 0.717) is 25.2 Å². The maximum absolute atomic E-state index is 13.0. The molecule has 1 atom stereocenters. The first-order valence-electron chi connectivity index (χ1n) is 10.4. The van der Waals surface area contributed by atoms with Crippen LogP contribution in [0.2, 0.25) is 0 Å². The highest BCUT2D eigenvalue weighted by Gasteiger charge is 2.52. The number of rotatable bonds is 3. The molecule has 1 aromatic carbocycles. The number of imide groups is 1. The van der Waals surface area contributed by atoms with Crippen molar-refractivity contribution in [2.24, 2.45) is 5.92 Å². The van der Waals surface area contributed by atoms with Gasteiger partial charge in [0, 0.05) is 12.0 Å². The van der Waals surface area contributed by atoms with Crippen molar-refractivity contribution in [2.45, 2.75) is 70.1 Å². The van der Waals surface area contributed by atoms with Crippen molar-refractivity contribution >= 4 is 17.8 Å². The average molecular weight is 399 g/mol. The minimum atomic E-state index is -0.822. The van der Waals surface area contributed by atoms with E-state index in [4.69, 9.17) is 4.74 Å². The fourth-order valence-corrected chi connectivity index (χ4v) is 4.73. The fourth-order valence-electron chi connectivity index (χ4n) is 4.73. The van der Waals surface area contributed by atoms with Gasteiger partial charge in [0.1, 0.15) is 23.4 Å². The first-order chi connectivity index (χ1) is 13.7. The molecule has 2 fully saturated rings. The Labute approximate surface area is 171 Å². The molecule has 4 amide bonds. The molecule has 0 unspecified atom stereocenters. The van der Waals surface area contributed by atoms with Gasteiger partial charge >= 0.3 is 6.03 Å². The average Bonchev–Trinajstić information content (AvgIpc) is 2.87. The zero-order valence-corrected chi connectivity index (χ0v) is 17.3. The molecule has 0 aromatic heterocycles. The molecule has 3 aliphatic rings. The molecule has 1 saturated carbocycles. The summed E-state index contributed by atoms with van der Waals surface area (Å²) in [6.45, 7) is 5.86. The smallest absolute Gasteiger partial charge is 0.325 e. The van der Waals surface area contributed by atoms with Gasteiger partial charge in [-0.1, -0.05) is 25.1 Å². The van der Waals surface area contributed by atoms with Crippen LogP contribution >= 0.6 is 0 Å². The number of fused-ring (bicyclic) bond motifs is 1. The second kappa shape index (κ2) is 7.04. The van der Waals surface area contributed by atoms with Crippen molar-refractivity contribution in [1.82, 2.24) is 15.5 Å². The third kappa shape index (κ3) is 3.70. The van der Waals surface area contributed by atoms with Crippen molar-refractivity contribution in [3.05, 3.63) is 29.8 Å². The molecular weight excluding hydrogens is 370 g/mol. The maximum Gasteiger partial charge on any atom is 0.325 e. The molecule has 1 saturated heterocycles. The first kappa shape index (κ1) is 19.7. The summed E-state index contributed by atoms with van der Waals surface area (Å²) in [5.41, 5.74) is -0.331. The zero-order valence-electron chi connectivity index (χ0n) is 17.3. The molecule has 2 N–H and O–H groups in total. The Morgan fingerprint density at radius 2 is 1.93 bits per heavy atom. The summed E-state index contributed by atoms with van der Waals surface area (Å²) < 4.78 is 6.00. The minimum absolute atomic E-state index is 0.229. The monoisotopic (exact) mass is 399 g/mol. The molecule has 2 heterocycles. The Hall–Kier alpha value is -2.57.